The summed E-state index contributed by atoms with van der Waals surface area (Å²) in [5.41, 5.74) is 0. The first kappa shape index (κ1) is 11.8. The van der Waals surface area contributed by atoms with E-state index in [4.69, 9.17) is 11.6 Å². The molecule has 0 radical (unpaired) electrons. The number of alkyl halides is 1. The van der Waals surface area contributed by atoms with Crippen LogP contribution in [0.1, 0.15) is 44.9 Å². The van der Waals surface area contributed by atoms with E-state index in [0.717, 1.165) is 37.6 Å². The van der Waals surface area contributed by atoms with Crippen LogP contribution in [0.2, 0.25) is 0 Å². The highest BCUT2D eigenvalue weighted by Crippen LogP contribution is 2.54. The SMILES string of the molecule is O=C(NCC1CCCCC1Cl)C1CC2CC2C1. The summed E-state index contributed by atoms with van der Waals surface area (Å²) in [5.74, 6) is 2.90. The maximum Gasteiger partial charge on any atom is 0.223 e. The van der Waals surface area contributed by atoms with Gasteiger partial charge in [-0.25, -0.2) is 0 Å². The highest BCUT2D eigenvalue weighted by atomic mass is 35.5. The molecule has 2 nitrogen and oxygen atoms in total. The van der Waals surface area contributed by atoms with E-state index in [-0.39, 0.29) is 5.38 Å². The molecular weight excluding hydrogens is 234 g/mol. The van der Waals surface area contributed by atoms with Gasteiger partial charge < -0.3 is 5.32 Å². The number of halogens is 1. The van der Waals surface area contributed by atoms with Gasteiger partial charge in [0.25, 0.3) is 0 Å². The molecule has 96 valence electrons. The predicted molar refractivity (Wildman–Crippen MR) is 68.9 cm³/mol. The van der Waals surface area contributed by atoms with Gasteiger partial charge in [0.05, 0.1) is 0 Å². The summed E-state index contributed by atoms with van der Waals surface area (Å²) < 4.78 is 0. The Morgan fingerprint density at radius 3 is 2.53 bits per heavy atom. The first-order chi connectivity index (χ1) is 8.24. The molecule has 0 spiro atoms. The van der Waals surface area contributed by atoms with Crippen LogP contribution in [0.5, 0.6) is 0 Å². The lowest BCUT2D eigenvalue weighted by atomic mass is 9.88. The molecule has 3 rings (SSSR count). The summed E-state index contributed by atoms with van der Waals surface area (Å²) in [7, 11) is 0. The molecule has 1 amide bonds. The summed E-state index contributed by atoms with van der Waals surface area (Å²) >= 11 is 6.30. The van der Waals surface area contributed by atoms with Gasteiger partial charge in [0.2, 0.25) is 5.91 Å². The van der Waals surface area contributed by atoms with E-state index >= 15 is 0 Å². The average molecular weight is 256 g/mol. The predicted octanol–water partition coefficient (Wildman–Crippen LogP) is 2.95. The molecular formula is C14H22ClNO. The van der Waals surface area contributed by atoms with E-state index in [1.54, 1.807) is 0 Å². The van der Waals surface area contributed by atoms with Crippen molar-refractivity contribution in [3.05, 3.63) is 0 Å². The van der Waals surface area contributed by atoms with Gasteiger partial charge in [0.15, 0.2) is 0 Å². The molecule has 0 aromatic heterocycles. The summed E-state index contributed by atoms with van der Waals surface area (Å²) in [6.45, 7) is 0.804. The molecule has 1 N–H and O–H groups in total. The van der Waals surface area contributed by atoms with E-state index in [9.17, 15) is 4.79 Å². The zero-order valence-corrected chi connectivity index (χ0v) is 11.1. The Morgan fingerprint density at radius 1 is 1.12 bits per heavy atom. The minimum atomic E-state index is 0.279. The molecule has 3 heteroatoms. The Bertz CT molecular complexity index is 297. The van der Waals surface area contributed by atoms with Crippen LogP contribution >= 0.6 is 11.6 Å². The molecule has 3 saturated carbocycles. The second-order valence-electron chi connectivity index (χ2n) is 6.23. The van der Waals surface area contributed by atoms with Crippen molar-refractivity contribution < 1.29 is 4.79 Å². The largest absolute Gasteiger partial charge is 0.356 e. The number of amides is 1. The monoisotopic (exact) mass is 255 g/mol. The van der Waals surface area contributed by atoms with Crippen molar-refractivity contribution in [1.29, 1.82) is 0 Å². The fourth-order valence-electron chi connectivity index (χ4n) is 3.70. The zero-order valence-electron chi connectivity index (χ0n) is 10.3. The molecule has 3 fully saturated rings. The van der Waals surface area contributed by atoms with Crippen molar-refractivity contribution in [3.8, 4) is 0 Å². The van der Waals surface area contributed by atoms with Crippen molar-refractivity contribution in [2.75, 3.05) is 6.54 Å². The molecule has 4 unspecified atom stereocenters. The topological polar surface area (TPSA) is 29.1 Å². The lowest BCUT2D eigenvalue weighted by molar-refractivity contribution is -0.125. The van der Waals surface area contributed by atoms with Gasteiger partial charge >= 0.3 is 0 Å². The summed E-state index contributed by atoms with van der Waals surface area (Å²) in [5, 5.41) is 3.42. The van der Waals surface area contributed by atoms with Gasteiger partial charge in [0, 0.05) is 17.8 Å². The summed E-state index contributed by atoms with van der Waals surface area (Å²) in [6, 6.07) is 0. The number of carbonyl (C=O) groups is 1. The highest BCUT2D eigenvalue weighted by Gasteiger charge is 2.47. The van der Waals surface area contributed by atoms with E-state index in [1.165, 1.54) is 25.7 Å². The van der Waals surface area contributed by atoms with E-state index in [0.29, 0.717) is 17.7 Å². The van der Waals surface area contributed by atoms with Crippen LogP contribution in [0.3, 0.4) is 0 Å². The molecule has 3 aliphatic carbocycles. The van der Waals surface area contributed by atoms with E-state index in [1.807, 2.05) is 0 Å². The maximum absolute atomic E-state index is 12.0. The second-order valence-corrected chi connectivity index (χ2v) is 6.79. The second kappa shape index (κ2) is 4.79. The summed E-state index contributed by atoms with van der Waals surface area (Å²) in [4.78, 5) is 12.0. The van der Waals surface area contributed by atoms with Crippen LogP contribution in [0, 0.1) is 23.7 Å². The van der Waals surface area contributed by atoms with Crippen molar-refractivity contribution in [1.82, 2.24) is 5.32 Å². The number of hydrogen-bond donors (Lipinski definition) is 1. The molecule has 3 aliphatic rings. The molecule has 0 bridgehead atoms. The van der Waals surface area contributed by atoms with Crippen LogP contribution in [0.15, 0.2) is 0 Å². The van der Waals surface area contributed by atoms with Crippen molar-refractivity contribution in [2.24, 2.45) is 23.7 Å². The van der Waals surface area contributed by atoms with Gasteiger partial charge in [-0.2, -0.15) is 0 Å². The highest BCUT2D eigenvalue weighted by molar-refractivity contribution is 6.20. The smallest absolute Gasteiger partial charge is 0.223 e. The minimum absolute atomic E-state index is 0.279. The molecule has 0 saturated heterocycles. The fourth-order valence-corrected chi connectivity index (χ4v) is 4.07. The van der Waals surface area contributed by atoms with Crippen molar-refractivity contribution in [3.63, 3.8) is 0 Å². The Balaban J connectivity index is 1.42. The first-order valence-corrected chi connectivity index (χ1v) is 7.59. The number of hydrogen-bond acceptors (Lipinski definition) is 1. The van der Waals surface area contributed by atoms with Crippen LogP contribution in [0.4, 0.5) is 0 Å². The Labute approximate surface area is 108 Å². The van der Waals surface area contributed by atoms with Crippen LogP contribution in [-0.4, -0.2) is 17.8 Å². The first-order valence-electron chi connectivity index (χ1n) is 7.16. The Hall–Kier alpha value is -0.240. The standard InChI is InChI=1S/C14H22ClNO/c15-13-4-2-1-3-9(13)8-16-14(17)12-6-10-5-11(10)7-12/h9-13H,1-8H2,(H,16,17). The van der Waals surface area contributed by atoms with Gasteiger partial charge in [-0.1, -0.05) is 12.8 Å². The zero-order chi connectivity index (χ0) is 11.8. The Kier molecular flexibility index (Phi) is 3.34. The van der Waals surface area contributed by atoms with Crippen LogP contribution in [0.25, 0.3) is 0 Å². The number of nitrogens with one attached hydrogen (secondary N) is 1. The van der Waals surface area contributed by atoms with Gasteiger partial charge in [0.1, 0.15) is 0 Å². The fraction of sp³-hybridized carbons (Fsp3) is 0.929. The molecule has 0 heterocycles. The van der Waals surface area contributed by atoms with Gasteiger partial charge in [-0.05, 0) is 49.9 Å². The van der Waals surface area contributed by atoms with E-state index < -0.39 is 0 Å². The normalized spacial score (nSPS) is 44.2. The molecule has 0 aliphatic heterocycles. The lowest BCUT2D eigenvalue weighted by Gasteiger charge is -2.27. The minimum Gasteiger partial charge on any atom is -0.356 e. The maximum atomic E-state index is 12.0. The van der Waals surface area contributed by atoms with Gasteiger partial charge in [-0.3, -0.25) is 4.79 Å². The van der Waals surface area contributed by atoms with Crippen LogP contribution in [-0.2, 0) is 4.79 Å². The lowest BCUT2D eigenvalue weighted by Crippen LogP contribution is -2.37. The number of carbonyl (C=O) groups excluding carboxylic acids is 1. The third kappa shape index (κ3) is 2.62. The van der Waals surface area contributed by atoms with E-state index in [2.05, 4.69) is 5.32 Å². The third-order valence-corrected chi connectivity index (χ3v) is 5.54. The van der Waals surface area contributed by atoms with Gasteiger partial charge in [-0.15, -0.1) is 11.6 Å². The number of fused-ring (bicyclic) bond motifs is 1. The third-order valence-electron chi connectivity index (χ3n) is 4.97. The molecule has 0 aromatic carbocycles. The van der Waals surface area contributed by atoms with Crippen LogP contribution < -0.4 is 5.32 Å². The summed E-state index contributed by atoms with van der Waals surface area (Å²) in [6.07, 6.45) is 8.51. The average Bonchev–Trinajstić information content (AvgIpc) is 2.95. The quantitative estimate of drug-likeness (QED) is 0.772. The Morgan fingerprint density at radius 2 is 1.82 bits per heavy atom. The molecule has 0 aromatic rings. The van der Waals surface area contributed by atoms with Crippen molar-refractivity contribution in [2.45, 2.75) is 50.3 Å². The molecule has 17 heavy (non-hydrogen) atoms. The van der Waals surface area contributed by atoms with Crippen molar-refractivity contribution >= 4 is 17.5 Å². The molecule has 4 atom stereocenters. The number of rotatable bonds is 3.